The fraction of sp³-hybridized carbons (Fsp3) is 0.300. The number of amides is 2. The maximum atomic E-state index is 13.9. The first-order chi connectivity index (χ1) is 18.1. The summed E-state index contributed by atoms with van der Waals surface area (Å²) >= 11 is 0. The standard InChI is InChI=1S/C30H34N2O6/c1-30(2,19-20-8-6-5-7-9-20)32(24(29(35)36)15-17-27(31)33)28(34)22-12-10-21(11-13-22)23-14-16-25(37-3)26(18-23)38-4/h5-14,16,18,24H,15,17,19H2,1-4H3,(H2,31,33)(H,35,36)/t24-/m0/s1. The topological polar surface area (TPSA) is 119 Å². The Bertz CT molecular complexity index is 1270. The average Bonchev–Trinajstić information content (AvgIpc) is 2.90. The highest BCUT2D eigenvalue weighted by Crippen LogP contribution is 2.33. The third-order valence-electron chi connectivity index (χ3n) is 6.46. The normalized spacial score (nSPS) is 11.9. The van der Waals surface area contributed by atoms with Gasteiger partial charge in [-0.3, -0.25) is 9.59 Å². The summed E-state index contributed by atoms with van der Waals surface area (Å²) < 4.78 is 10.7. The Labute approximate surface area is 223 Å². The van der Waals surface area contributed by atoms with Crippen LogP contribution in [0.5, 0.6) is 11.5 Å². The molecule has 0 radical (unpaired) electrons. The lowest BCUT2D eigenvalue weighted by atomic mass is 9.89. The highest BCUT2D eigenvalue weighted by atomic mass is 16.5. The van der Waals surface area contributed by atoms with Gasteiger partial charge in [-0.2, -0.15) is 0 Å². The second kappa shape index (κ2) is 12.3. The smallest absolute Gasteiger partial charge is 0.326 e. The van der Waals surface area contributed by atoms with Crippen molar-refractivity contribution in [2.75, 3.05) is 14.2 Å². The highest BCUT2D eigenvalue weighted by Gasteiger charge is 2.40. The molecule has 8 heteroatoms. The lowest BCUT2D eigenvalue weighted by molar-refractivity contribution is -0.144. The molecule has 200 valence electrons. The van der Waals surface area contributed by atoms with E-state index >= 15 is 0 Å². The van der Waals surface area contributed by atoms with Gasteiger partial charge >= 0.3 is 5.97 Å². The molecule has 0 unspecified atom stereocenters. The van der Waals surface area contributed by atoms with Crippen LogP contribution in [-0.4, -0.2) is 53.6 Å². The van der Waals surface area contributed by atoms with Crippen LogP contribution in [0.15, 0.2) is 72.8 Å². The van der Waals surface area contributed by atoms with E-state index in [0.717, 1.165) is 16.7 Å². The van der Waals surface area contributed by atoms with Crippen molar-refractivity contribution >= 4 is 17.8 Å². The number of ether oxygens (including phenoxy) is 2. The van der Waals surface area contributed by atoms with Crippen molar-refractivity contribution in [3.8, 4) is 22.6 Å². The number of carbonyl (C=O) groups excluding carboxylic acids is 2. The molecule has 0 aliphatic heterocycles. The Morgan fingerprint density at radius 3 is 2.05 bits per heavy atom. The van der Waals surface area contributed by atoms with Crippen molar-refractivity contribution in [1.29, 1.82) is 0 Å². The molecule has 3 rings (SSSR count). The van der Waals surface area contributed by atoms with Crippen LogP contribution < -0.4 is 15.2 Å². The Morgan fingerprint density at radius 2 is 1.50 bits per heavy atom. The van der Waals surface area contributed by atoms with E-state index in [-0.39, 0.29) is 12.8 Å². The van der Waals surface area contributed by atoms with Gasteiger partial charge in [0.25, 0.3) is 5.91 Å². The molecule has 0 aromatic heterocycles. The van der Waals surface area contributed by atoms with Crippen LogP contribution in [0, 0.1) is 0 Å². The first-order valence-corrected chi connectivity index (χ1v) is 12.3. The van der Waals surface area contributed by atoms with Crippen LogP contribution in [0.4, 0.5) is 0 Å². The number of carboxylic acids is 1. The van der Waals surface area contributed by atoms with Crippen LogP contribution in [0.2, 0.25) is 0 Å². The number of hydrogen-bond acceptors (Lipinski definition) is 5. The molecule has 0 bridgehead atoms. The van der Waals surface area contributed by atoms with Gasteiger partial charge in [-0.1, -0.05) is 48.5 Å². The number of carboxylic acid groups (broad SMARTS) is 1. The summed E-state index contributed by atoms with van der Waals surface area (Å²) in [6.07, 6.45) is 0.183. The molecule has 1 atom stereocenters. The van der Waals surface area contributed by atoms with Crippen LogP contribution in [0.1, 0.15) is 42.6 Å². The largest absolute Gasteiger partial charge is 0.493 e. The third-order valence-corrected chi connectivity index (χ3v) is 6.46. The van der Waals surface area contributed by atoms with Gasteiger partial charge in [0, 0.05) is 17.5 Å². The quantitative estimate of drug-likeness (QED) is 0.363. The molecule has 0 aliphatic carbocycles. The van der Waals surface area contributed by atoms with Crippen LogP contribution >= 0.6 is 0 Å². The molecule has 8 nitrogen and oxygen atoms in total. The van der Waals surface area contributed by atoms with Crippen LogP contribution in [-0.2, 0) is 16.0 Å². The van der Waals surface area contributed by atoms with Gasteiger partial charge in [0.2, 0.25) is 5.91 Å². The average molecular weight is 519 g/mol. The van der Waals surface area contributed by atoms with Crippen LogP contribution in [0.25, 0.3) is 11.1 Å². The van der Waals surface area contributed by atoms with E-state index in [1.807, 2.05) is 56.3 Å². The number of rotatable bonds is 12. The van der Waals surface area contributed by atoms with Crippen molar-refractivity contribution in [2.24, 2.45) is 5.73 Å². The molecular weight excluding hydrogens is 484 g/mol. The first kappa shape index (κ1) is 28.2. The zero-order valence-electron chi connectivity index (χ0n) is 22.1. The van der Waals surface area contributed by atoms with Gasteiger partial charge in [-0.05, 0) is 67.6 Å². The van der Waals surface area contributed by atoms with Gasteiger partial charge in [-0.25, -0.2) is 4.79 Å². The van der Waals surface area contributed by atoms with E-state index in [1.54, 1.807) is 44.6 Å². The number of carbonyl (C=O) groups is 3. The minimum absolute atomic E-state index is 0.0850. The van der Waals surface area contributed by atoms with E-state index in [1.165, 1.54) is 4.90 Å². The summed E-state index contributed by atoms with van der Waals surface area (Å²) in [5, 5.41) is 10.1. The molecule has 0 fully saturated rings. The number of hydrogen-bond donors (Lipinski definition) is 2. The van der Waals surface area contributed by atoms with Gasteiger partial charge in [0.1, 0.15) is 6.04 Å². The zero-order chi connectivity index (χ0) is 27.9. The number of aliphatic carboxylic acids is 1. The lowest BCUT2D eigenvalue weighted by Crippen LogP contribution is -2.57. The number of benzene rings is 3. The van der Waals surface area contributed by atoms with E-state index < -0.39 is 29.4 Å². The monoisotopic (exact) mass is 518 g/mol. The summed E-state index contributed by atoms with van der Waals surface area (Å²) in [5.74, 6) is -1.07. The van der Waals surface area contributed by atoms with E-state index in [9.17, 15) is 19.5 Å². The second-order valence-electron chi connectivity index (χ2n) is 9.66. The highest BCUT2D eigenvalue weighted by molar-refractivity contribution is 5.97. The van der Waals surface area contributed by atoms with Crippen molar-refractivity contribution in [3.05, 3.63) is 83.9 Å². The molecular formula is C30H34N2O6. The van der Waals surface area contributed by atoms with Gasteiger partial charge < -0.3 is 25.2 Å². The van der Waals surface area contributed by atoms with Gasteiger partial charge in [0.05, 0.1) is 14.2 Å². The second-order valence-corrected chi connectivity index (χ2v) is 9.66. The SMILES string of the molecule is COc1ccc(-c2ccc(C(=O)N([C@@H](CCC(N)=O)C(=O)O)C(C)(C)Cc3ccccc3)cc2)cc1OC. The van der Waals surface area contributed by atoms with Crippen molar-refractivity contribution in [3.63, 3.8) is 0 Å². The van der Waals surface area contributed by atoms with E-state index in [2.05, 4.69) is 0 Å². The molecule has 3 aromatic rings. The fourth-order valence-electron chi connectivity index (χ4n) is 4.62. The Hall–Kier alpha value is -4.33. The molecule has 3 N–H and O–H groups in total. The molecule has 2 amide bonds. The zero-order valence-corrected chi connectivity index (χ0v) is 22.1. The minimum atomic E-state index is -1.24. The summed E-state index contributed by atoms with van der Waals surface area (Å²) in [6.45, 7) is 3.66. The van der Waals surface area contributed by atoms with Crippen LogP contribution in [0.3, 0.4) is 0 Å². The maximum Gasteiger partial charge on any atom is 0.326 e. The number of methoxy groups -OCH3 is 2. The fourth-order valence-corrected chi connectivity index (χ4v) is 4.62. The predicted octanol–water partition coefficient (Wildman–Crippen LogP) is 4.55. The summed E-state index contributed by atoms with van der Waals surface area (Å²) in [6, 6.07) is 20.8. The number of nitrogens with zero attached hydrogens (tertiary/aromatic N) is 1. The molecule has 0 saturated carbocycles. The Kier molecular flexibility index (Phi) is 9.12. The third kappa shape index (κ3) is 6.70. The molecule has 0 saturated heterocycles. The van der Waals surface area contributed by atoms with Gasteiger partial charge in [-0.15, -0.1) is 0 Å². The first-order valence-electron chi connectivity index (χ1n) is 12.3. The Balaban J connectivity index is 1.98. The Morgan fingerprint density at radius 1 is 0.895 bits per heavy atom. The van der Waals surface area contributed by atoms with Crippen molar-refractivity contribution < 1.29 is 29.0 Å². The summed E-state index contributed by atoms with van der Waals surface area (Å²) in [7, 11) is 3.13. The van der Waals surface area contributed by atoms with E-state index in [0.29, 0.717) is 23.5 Å². The molecule has 0 spiro atoms. The van der Waals surface area contributed by atoms with Gasteiger partial charge in [0.15, 0.2) is 11.5 Å². The summed E-state index contributed by atoms with van der Waals surface area (Å²) in [5.41, 5.74) is 7.44. The lowest BCUT2D eigenvalue weighted by Gasteiger charge is -2.42. The van der Waals surface area contributed by atoms with Crippen molar-refractivity contribution in [1.82, 2.24) is 4.90 Å². The predicted molar refractivity (Wildman–Crippen MR) is 145 cm³/mol. The molecule has 38 heavy (non-hydrogen) atoms. The molecule has 3 aromatic carbocycles. The van der Waals surface area contributed by atoms with Crippen molar-refractivity contribution in [2.45, 2.75) is 44.7 Å². The molecule has 0 heterocycles. The van der Waals surface area contributed by atoms with E-state index in [4.69, 9.17) is 15.2 Å². The summed E-state index contributed by atoms with van der Waals surface area (Å²) in [4.78, 5) is 39.2. The maximum absolute atomic E-state index is 13.9. The minimum Gasteiger partial charge on any atom is -0.493 e. The molecule has 0 aliphatic rings. The number of primary amides is 1. The number of nitrogens with two attached hydrogens (primary N) is 1.